The average molecular weight is 314 g/mol. The van der Waals surface area contributed by atoms with Gasteiger partial charge >= 0.3 is 0 Å². The van der Waals surface area contributed by atoms with Crippen molar-refractivity contribution in [2.75, 3.05) is 0 Å². The summed E-state index contributed by atoms with van der Waals surface area (Å²) >= 11 is 6.03. The first-order chi connectivity index (χ1) is 10.4. The Labute approximate surface area is 134 Å². The van der Waals surface area contributed by atoms with E-state index < -0.39 is 5.72 Å². The number of ether oxygens (including phenoxy) is 1. The molecule has 0 spiro atoms. The Hall–Kier alpha value is -2.26. The first-order valence-electron chi connectivity index (χ1n) is 7.03. The summed E-state index contributed by atoms with van der Waals surface area (Å²) in [6, 6.07) is 14.6. The van der Waals surface area contributed by atoms with Crippen molar-refractivity contribution < 1.29 is 9.53 Å². The van der Waals surface area contributed by atoms with Crippen molar-refractivity contribution in [1.82, 2.24) is 5.32 Å². The fourth-order valence-corrected chi connectivity index (χ4v) is 2.59. The summed E-state index contributed by atoms with van der Waals surface area (Å²) in [6.45, 7) is 3.80. The van der Waals surface area contributed by atoms with Gasteiger partial charge in [0.1, 0.15) is 5.75 Å². The Morgan fingerprint density at radius 3 is 2.64 bits per heavy atom. The Bertz CT molecular complexity index is 751. The number of allylic oxidation sites excluding steroid dienone is 1. The Balaban J connectivity index is 2.03. The lowest BCUT2D eigenvalue weighted by Gasteiger charge is -2.36. The van der Waals surface area contributed by atoms with Crippen LogP contribution >= 0.6 is 11.6 Å². The number of carbonyl (C=O) groups excluding carboxylic acids is 1. The number of hydrogen-bond acceptors (Lipinski definition) is 3. The molecule has 0 bridgehead atoms. The average Bonchev–Trinajstić information content (AvgIpc) is 2.46. The van der Waals surface area contributed by atoms with Crippen LogP contribution in [-0.2, 0) is 0 Å². The van der Waals surface area contributed by atoms with E-state index in [1.165, 1.54) is 0 Å². The van der Waals surface area contributed by atoms with E-state index in [0.717, 1.165) is 11.3 Å². The third kappa shape index (κ3) is 3.00. The highest BCUT2D eigenvalue weighted by Gasteiger charge is 2.29. The number of ketones is 1. The molecule has 0 aliphatic carbocycles. The predicted octanol–water partition coefficient (Wildman–Crippen LogP) is 4.28. The van der Waals surface area contributed by atoms with Gasteiger partial charge in [-0.25, -0.2) is 0 Å². The summed E-state index contributed by atoms with van der Waals surface area (Å²) in [7, 11) is 0. The predicted molar refractivity (Wildman–Crippen MR) is 88.0 cm³/mol. The second-order valence-corrected chi connectivity index (χ2v) is 6.10. The Kier molecular flexibility index (Phi) is 3.67. The van der Waals surface area contributed by atoms with Crippen LogP contribution in [0.3, 0.4) is 0 Å². The molecular formula is C18H16ClNO2. The minimum Gasteiger partial charge on any atom is -0.468 e. The van der Waals surface area contributed by atoms with Crippen LogP contribution in [0.25, 0.3) is 5.70 Å². The fourth-order valence-electron chi connectivity index (χ4n) is 2.43. The molecule has 0 atom stereocenters. The first-order valence-corrected chi connectivity index (χ1v) is 7.41. The van der Waals surface area contributed by atoms with Crippen molar-refractivity contribution in [2.24, 2.45) is 0 Å². The molecule has 3 rings (SSSR count). The zero-order valence-corrected chi connectivity index (χ0v) is 13.1. The summed E-state index contributed by atoms with van der Waals surface area (Å²) in [5, 5.41) is 3.85. The fraction of sp³-hybridized carbons (Fsp3) is 0.167. The minimum absolute atomic E-state index is 0.0540. The Morgan fingerprint density at radius 2 is 1.91 bits per heavy atom. The van der Waals surface area contributed by atoms with Crippen LogP contribution in [0.2, 0.25) is 5.02 Å². The van der Waals surface area contributed by atoms with Gasteiger partial charge in [0.2, 0.25) is 0 Å². The number of rotatable bonds is 2. The molecule has 1 aliphatic rings. The number of hydrogen-bond donors (Lipinski definition) is 1. The van der Waals surface area contributed by atoms with Gasteiger partial charge in [0, 0.05) is 22.2 Å². The van der Waals surface area contributed by atoms with E-state index in [9.17, 15) is 4.79 Å². The maximum atomic E-state index is 12.4. The van der Waals surface area contributed by atoms with E-state index in [2.05, 4.69) is 5.32 Å². The van der Waals surface area contributed by atoms with Crippen molar-refractivity contribution in [3.05, 3.63) is 70.8 Å². The quantitative estimate of drug-likeness (QED) is 0.664. The molecule has 22 heavy (non-hydrogen) atoms. The third-order valence-corrected chi connectivity index (χ3v) is 3.60. The summed E-state index contributed by atoms with van der Waals surface area (Å²) in [4.78, 5) is 12.4. The Morgan fingerprint density at radius 1 is 1.18 bits per heavy atom. The van der Waals surface area contributed by atoms with Crippen molar-refractivity contribution in [3.63, 3.8) is 0 Å². The van der Waals surface area contributed by atoms with Crippen LogP contribution in [-0.4, -0.2) is 11.5 Å². The second kappa shape index (κ2) is 5.50. The topological polar surface area (TPSA) is 38.3 Å². The SMILES string of the molecule is CC1(C)N/C(=C\C(=O)c2ccccc2)c2ccc(Cl)cc2O1. The maximum absolute atomic E-state index is 12.4. The molecule has 0 aromatic heterocycles. The largest absolute Gasteiger partial charge is 0.468 e. The highest BCUT2D eigenvalue weighted by atomic mass is 35.5. The second-order valence-electron chi connectivity index (χ2n) is 5.67. The molecule has 0 saturated carbocycles. The van der Waals surface area contributed by atoms with E-state index in [-0.39, 0.29) is 5.78 Å². The maximum Gasteiger partial charge on any atom is 0.187 e. The monoisotopic (exact) mass is 313 g/mol. The minimum atomic E-state index is -0.611. The molecule has 3 nitrogen and oxygen atoms in total. The summed E-state index contributed by atoms with van der Waals surface area (Å²) < 4.78 is 5.87. The van der Waals surface area contributed by atoms with E-state index in [1.807, 2.05) is 38.1 Å². The normalized spacial score (nSPS) is 17.3. The number of benzene rings is 2. The van der Waals surface area contributed by atoms with Gasteiger partial charge in [0.25, 0.3) is 0 Å². The smallest absolute Gasteiger partial charge is 0.187 e. The number of fused-ring (bicyclic) bond motifs is 1. The molecule has 4 heteroatoms. The van der Waals surface area contributed by atoms with Gasteiger partial charge in [-0.2, -0.15) is 0 Å². The summed E-state index contributed by atoms with van der Waals surface area (Å²) in [5.74, 6) is 0.616. The number of halogens is 1. The van der Waals surface area contributed by atoms with Crippen molar-refractivity contribution >= 4 is 23.1 Å². The van der Waals surface area contributed by atoms with Gasteiger partial charge in [-0.1, -0.05) is 41.9 Å². The molecule has 0 fully saturated rings. The molecule has 0 saturated heterocycles. The molecule has 1 heterocycles. The van der Waals surface area contributed by atoms with Crippen molar-refractivity contribution in [1.29, 1.82) is 0 Å². The van der Waals surface area contributed by atoms with Crippen LogP contribution in [0.15, 0.2) is 54.6 Å². The number of nitrogens with one attached hydrogen (secondary N) is 1. The molecule has 0 radical (unpaired) electrons. The van der Waals surface area contributed by atoms with E-state index >= 15 is 0 Å². The lowest BCUT2D eigenvalue weighted by Crippen LogP contribution is -2.46. The third-order valence-electron chi connectivity index (χ3n) is 3.37. The van der Waals surface area contributed by atoms with Crippen LogP contribution in [0, 0.1) is 0 Å². The molecule has 1 aliphatic heterocycles. The zero-order valence-electron chi connectivity index (χ0n) is 12.4. The summed E-state index contributed by atoms with van der Waals surface area (Å²) in [6.07, 6.45) is 1.60. The van der Waals surface area contributed by atoms with Gasteiger partial charge in [0.05, 0.1) is 5.70 Å². The number of carbonyl (C=O) groups is 1. The van der Waals surface area contributed by atoms with Crippen LogP contribution < -0.4 is 10.1 Å². The highest BCUT2D eigenvalue weighted by molar-refractivity contribution is 6.30. The van der Waals surface area contributed by atoms with E-state index in [4.69, 9.17) is 16.3 Å². The van der Waals surface area contributed by atoms with Gasteiger partial charge in [-0.15, -0.1) is 0 Å². The molecule has 0 amide bonds. The molecule has 0 unspecified atom stereocenters. The van der Waals surface area contributed by atoms with Gasteiger partial charge in [0.15, 0.2) is 11.5 Å². The van der Waals surface area contributed by atoms with E-state index in [0.29, 0.717) is 16.3 Å². The van der Waals surface area contributed by atoms with Crippen LogP contribution in [0.1, 0.15) is 29.8 Å². The standard InChI is InChI=1S/C18H16ClNO2/c1-18(2)20-15(11-16(21)12-6-4-3-5-7-12)14-9-8-13(19)10-17(14)22-18/h3-11,20H,1-2H3/b15-11-. The molecular weight excluding hydrogens is 298 g/mol. The lowest BCUT2D eigenvalue weighted by molar-refractivity contribution is 0.0817. The van der Waals surface area contributed by atoms with Crippen molar-refractivity contribution in [3.8, 4) is 5.75 Å². The van der Waals surface area contributed by atoms with Gasteiger partial charge < -0.3 is 10.1 Å². The summed E-state index contributed by atoms with van der Waals surface area (Å²) in [5.41, 5.74) is 1.60. The molecule has 2 aromatic carbocycles. The van der Waals surface area contributed by atoms with Gasteiger partial charge in [-0.05, 0) is 32.0 Å². The van der Waals surface area contributed by atoms with E-state index in [1.54, 1.807) is 30.3 Å². The molecule has 112 valence electrons. The van der Waals surface area contributed by atoms with Gasteiger partial charge in [-0.3, -0.25) is 4.79 Å². The molecule has 2 aromatic rings. The van der Waals surface area contributed by atoms with Crippen LogP contribution in [0.5, 0.6) is 5.75 Å². The highest BCUT2D eigenvalue weighted by Crippen LogP contribution is 2.35. The first kappa shape index (κ1) is 14.7. The van der Waals surface area contributed by atoms with Crippen LogP contribution in [0.4, 0.5) is 0 Å². The zero-order chi connectivity index (χ0) is 15.7. The lowest BCUT2D eigenvalue weighted by atomic mass is 10.0. The molecule has 1 N–H and O–H groups in total. The van der Waals surface area contributed by atoms with Crippen molar-refractivity contribution in [2.45, 2.75) is 19.6 Å².